The second-order valence-corrected chi connectivity index (χ2v) is 6.65. The summed E-state index contributed by atoms with van der Waals surface area (Å²) in [5.74, 6) is 0.340. The molecule has 19 heavy (non-hydrogen) atoms. The van der Waals surface area contributed by atoms with E-state index in [4.69, 9.17) is 12.2 Å². The molecule has 0 radical (unpaired) electrons. The van der Waals surface area contributed by atoms with Crippen molar-refractivity contribution in [1.29, 1.82) is 0 Å². The summed E-state index contributed by atoms with van der Waals surface area (Å²) in [5.41, 5.74) is 0.859. The first kappa shape index (κ1) is 14.4. The lowest BCUT2D eigenvalue weighted by Crippen LogP contribution is -2.35. The number of likely N-dealkylation sites (N-methyl/N-ethyl adjacent to an activating group) is 1. The summed E-state index contributed by atoms with van der Waals surface area (Å²) in [6.45, 7) is 5.04. The molecule has 104 valence electrons. The monoisotopic (exact) mass is 297 g/mol. The number of H-pyrrole nitrogens is 1. The van der Waals surface area contributed by atoms with Crippen molar-refractivity contribution >= 4 is 33.8 Å². The molecule has 1 N–H and O–H groups in total. The molecule has 2 heterocycles. The normalized spacial score (nSPS) is 13.6. The van der Waals surface area contributed by atoms with Gasteiger partial charge in [-0.05, 0) is 43.7 Å². The number of thiophene rings is 1. The lowest BCUT2D eigenvalue weighted by molar-refractivity contribution is 0.262. The van der Waals surface area contributed by atoms with Crippen molar-refractivity contribution in [3.05, 3.63) is 26.6 Å². The van der Waals surface area contributed by atoms with Gasteiger partial charge in [0, 0.05) is 6.54 Å². The maximum atomic E-state index is 12.6. The largest absolute Gasteiger partial charge is 0.331 e. The number of hydrogen-bond donors (Lipinski definition) is 1. The van der Waals surface area contributed by atoms with Gasteiger partial charge in [-0.1, -0.05) is 13.8 Å². The third-order valence-corrected chi connectivity index (χ3v) is 4.39. The smallest absolute Gasteiger partial charge is 0.272 e. The van der Waals surface area contributed by atoms with E-state index in [0.717, 1.165) is 16.8 Å². The van der Waals surface area contributed by atoms with Gasteiger partial charge in [0.1, 0.15) is 4.70 Å². The van der Waals surface area contributed by atoms with Crippen LogP contribution in [0.1, 0.15) is 19.9 Å². The average Bonchev–Trinajstić information content (AvgIpc) is 2.75. The fraction of sp³-hybridized carbons (Fsp3) is 0.538. The van der Waals surface area contributed by atoms with E-state index in [0.29, 0.717) is 10.7 Å². The molecular weight excluding hydrogens is 278 g/mol. The van der Waals surface area contributed by atoms with Crippen molar-refractivity contribution in [3.63, 3.8) is 0 Å². The Kier molecular flexibility index (Phi) is 4.23. The van der Waals surface area contributed by atoms with Crippen LogP contribution in [0.15, 0.2) is 16.2 Å². The number of nitrogens with zero attached hydrogens (tertiary/aromatic N) is 2. The molecule has 0 aliphatic heterocycles. The van der Waals surface area contributed by atoms with Crippen LogP contribution < -0.4 is 5.56 Å². The Bertz CT molecular complexity index is 681. The number of hydrogen-bond acceptors (Lipinski definition) is 4. The topological polar surface area (TPSA) is 41.0 Å². The Morgan fingerprint density at radius 2 is 2.16 bits per heavy atom. The zero-order valence-corrected chi connectivity index (χ0v) is 13.3. The number of aromatic nitrogens is 2. The van der Waals surface area contributed by atoms with Gasteiger partial charge in [0.15, 0.2) is 4.77 Å². The highest BCUT2D eigenvalue weighted by Gasteiger charge is 2.20. The van der Waals surface area contributed by atoms with Crippen molar-refractivity contribution < 1.29 is 0 Å². The minimum absolute atomic E-state index is 0.0225. The van der Waals surface area contributed by atoms with Crippen LogP contribution in [0.3, 0.4) is 0 Å². The molecule has 2 aromatic rings. The van der Waals surface area contributed by atoms with Crippen LogP contribution in [0.25, 0.3) is 10.2 Å². The van der Waals surface area contributed by atoms with E-state index in [2.05, 4.69) is 23.7 Å². The molecule has 1 unspecified atom stereocenters. The van der Waals surface area contributed by atoms with Crippen molar-refractivity contribution in [2.75, 3.05) is 20.6 Å². The third kappa shape index (κ3) is 2.80. The van der Waals surface area contributed by atoms with E-state index in [1.807, 2.05) is 25.5 Å². The fourth-order valence-corrected chi connectivity index (χ4v) is 3.33. The molecule has 1 atom stereocenters. The summed E-state index contributed by atoms with van der Waals surface area (Å²) in [6.07, 6.45) is 0. The molecule has 0 aliphatic carbocycles. The molecule has 2 rings (SSSR count). The van der Waals surface area contributed by atoms with Crippen LogP contribution >= 0.6 is 23.6 Å². The molecule has 0 fully saturated rings. The Morgan fingerprint density at radius 1 is 1.47 bits per heavy atom. The first-order valence-corrected chi connectivity index (χ1v) is 7.57. The van der Waals surface area contributed by atoms with Gasteiger partial charge < -0.3 is 9.88 Å². The highest BCUT2D eigenvalue weighted by atomic mass is 32.1. The van der Waals surface area contributed by atoms with Gasteiger partial charge in [0.2, 0.25) is 0 Å². The van der Waals surface area contributed by atoms with Gasteiger partial charge in [-0.2, -0.15) is 0 Å². The zero-order valence-electron chi connectivity index (χ0n) is 11.6. The molecule has 4 nitrogen and oxygen atoms in total. The standard InChI is InChI=1S/C13H19N3OS2/c1-8(2)10(7-15(3)4)16-12(17)11-9(5-6-19-11)14-13(16)18/h5-6,8,10H,7H2,1-4H3,(H,14,18). The van der Waals surface area contributed by atoms with Crippen LogP contribution in [0.4, 0.5) is 0 Å². The number of fused-ring (bicyclic) bond motifs is 1. The van der Waals surface area contributed by atoms with E-state index >= 15 is 0 Å². The van der Waals surface area contributed by atoms with Crippen LogP contribution in [-0.2, 0) is 0 Å². The highest BCUT2D eigenvalue weighted by molar-refractivity contribution is 7.71. The molecule has 0 saturated carbocycles. The summed E-state index contributed by atoms with van der Waals surface area (Å²) in [6, 6.07) is 1.98. The van der Waals surface area contributed by atoms with Crippen molar-refractivity contribution in [3.8, 4) is 0 Å². The number of nitrogens with one attached hydrogen (secondary N) is 1. The zero-order chi connectivity index (χ0) is 14.2. The van der Waals surface area contributed by atoms with Crippen molar-refractivity contribution in [1.82, 2.24) is 14.5 Å². The average molecular weight is 297 g/mol. The van der Waals surface area contributed by atoms with Crippen LogP contribution in [-0.4, -0.2) is 35.1 Å². The van der Waals surface area contributed by atoms with E-state index in [1.54, 1.807) is 4.57 Å². The van der Waals surface area contributed by atoms with E-state index < -0.39 is 0 Å². The lowest BCUT2D eigenvalue weighted by atomic mass is 10.0. The van der Waals surface area contributed by atoms with Crippen molar-refractivity contribution in [2.24, 2.45) is 5.92 Å². The first-order valence-electron chi connectivity index (χ1n) is 6.28. The summed E-state index contributed by atoms with van der Waals surface area (Å²) in [4.78, 5) is 17.9. The lowest BCUT2D eigenvalue weighted by Gasteiger charge is -2.26. The molecular formula is C13H19N3OS2. The Balaban J connectivity index is 2.65. The second kappa shape index (κ2) is 5.56. The molecule has 6 heteroatoms. The van der Waals surface area contributed by atoms with Crippen LogP contribution in [0.5, 0.6) is 0 Å². The Hall–Kier alpha value is -0.980. The molecule has 2 aromatic heterocycles. The summed E-state index contributed by atoms with van der Waals surface area (Å²) in [7, 11) is 4.02. The van der Waals surface area contributed by atoms with E-state index in [-0.39, 0.29) is 11.6 Å². The molecule has 0 saturated heterocycles. The highest BCUT2D eigenvalue weighted by Crippen LogP contribution is 2.20. The molecule has 0 amide bonds. The molecule has 0 bridgehead atoms. The molecule has 0 spiro atoms. The van der Waals surface area contributed by atoms with Crippen LogP contribution in [0.2, 0.25) is 0 Å². The van der Waals surface area contributed by atoms with Gasteiger partial charge in [0.25, 0.3) is 5.56 Å². The minimum Gasteiger partial charge on any atom is -0.331 e. The van der Waals surface area contributed by atoms with Crippen LogP contribution in [0, 0.1) is 10.7 Å². The maximum absolute atomic E-state index is 12.6. The quantitative estimate of drug-likeness (QED) is 0.882. The number of aromatic amines is 1. The molecule has 0 aliphatic rings. The van der Waals surface area contributed by atoms with Gasteiger partial charge in [0.05, 0.1) is 11.6 Å². The predicted octanol–water partition coefficient (Wildman–Crippen LogP) is 2.88. The summed E-state index contributed by atoms with van der Waals surface area (Å²) >= 11 is 6.84. The first-order chi connectivity index (χ1) is 8.91. The predicted molar refractivity (Wildman–Crippen MR) is 83.7 cm³/mol. The van der Waals surface area contributed by atoms with E-state index in [9.17, 15) is 4.79 Å². The third-order valence-electron chi connectivity index (χ3n) is 3.19. The maximum Gasteiger partial charge on any atom is 0.272 e. The van der Waals surface area contributed by atoms with Gasteiger partial charge in [-0.25, -0.2) is 0 Å². The van der Waals surface area contributed by atoms with E-state index in [1.165, 1.54) is 11.3 Å². The summed E-state index contributed by atoms with van der Waals surface area (Å²) in [5, 5.41) is 1.91. The van der Waals surface area contributed by atoms with Gasteiger partial charge in [-0.15, -0.1) is 11.3 Å². The number of rotatable bonds is 4. The Morgan fingerprint density at radius 3 is 2.74 bits per heavy atom. The Labute approximate surface area is 121 Å². The second-order valence-electron chi connectivity index (χ2n) is 5.34. The SMILES string of the molecule is CC(C)C(CN(C)C)n1c(=S)[nH]c2ccsc2c1=O. The fourth-order valence-electron chi connectivity index (χ4n) is 2.22. The minimum atomic E-state index is 0.0225. The summed E-state index contributed by atoms with van der Waals surface area (Å²) < 4.78 is 2.99. The van der Waals surface area contributed by atoms with Gasteiger partial charge in [-0.3, -0.25) is 9.36 Å². The van der Waals surface area contributed by atoms with Crippen molar-refractivity contribution in [2.45, 2.75) is 19.9 Å². The molecule has 0 aromatic carbocycles. The van der Waals surface area contributed by atoms with Gasteiger partial charge >= 0.3 is 0 Å².